The van der Waals surface area contributed by atoms with Crippen LogP contribution in [0.3, 0.4) is 0 Å². The number of alkyl halides is 3. The summed E-state index contributed by atoms with van der Waals surface area (Å²) in [6.45, 7) is 2.23. The summed E-state index contributed by atoms with van der Waals surface area (Å²) >= 11 is 1.75. The molecule has 2 bridgehead atoms. The van der Waals surface area contributed by atoms with E-state index in [9.17, 15) is 13.2 Å². The number of piperidine rings is 1. The predicted octanol–water partition coefficient (Wildman–Crippen LogP) is 3.29. The van der Waals surface area contributed by atoms with Crippen LogP contribution in [-0.2, 0) is 12.7 Å². The van der Waals surface area contributed by atoms with Gasteiger partial charge in [-0.1, -0.05) is 0 Å². The Hall–Kier alpha value is -1.74. The fourth-order valence-electron chi connectivity index (χ4n) is 3.91. The summed E-state index contributed by atoms with van der Waals surface area (Å²) in [7, 11) is 0. The number of rotatable bonds is 4. The fourth-order valence-corrected chi connectivity index (χ4v) is 4.89. The first-order valence-electron chi connectivity index (χ1n) is 8.81. The van der Waals surface area contributed by atoms with E-state index < -0.39 is 11.9 Å². The Kier molecular flexibility index (Phi) is 3.72. The number of thiazole rings is 1. The van der Waals surface area contributed by atoms with E-state index in [0.717, 1.165) is 31.1 Å². The number of halogens is 3. The SMILES string of the molecule is FC(F)(F)c1cc(N2CC3CC(C2)N3Cc2csc(C3CC3)n2)ncn1. The maximum atomic E-state index is 12.9. The molecule has 0 spiro atoms. The van der Waals surface area contributed by atoms with Gasteiger partial charge >= 0.3 is 6.18 Å². The van der Waals surface area contributed by atoms with Crippen LogP contribution in [0.1, 0.15) is 41.6 Å². The predicted molar refractivity (Wildman–Crippen MR) is 91.1 cm³/mol. The molecular formula is C17H18F3N5S. The van der Waals surface area contributed by atoms with E-state index in [-0.39, 0.29) is 0 Å². The van der Waals surface area contributed by atoms with Crippen LogP contribution >= 0.6 is 11.3 Å². The molecule has 3 aliphatic heterocycles. The average Bonchev–Trinajstić information content (AvgIpc) is 3.38. The standard InChI is InChI=1S/C17H18F3N5S/c18-17(19,20)14-4-15(22-9-21-14)24-6-12-3-13(7-24)25(12)5-11-8-26-16(23-11)10-1-2-10/h4,8-10,12-13H,1-3,5-7H2. The van der Waals surface area contributed by atoms with Crippen LogP contribution < -0.4 is 4.90 Å². The summed E-state index contributed by atoms with van der Waals surface area (Å²) in [6, 6.07) is 1.76. The van der Waals surface area contributed by atoms with Crippen molar-refractivity contribution in [2.45, 2.75) is 50.0 Å². The van der Waals surface area contributed by atoms with Crippen molar-refractivity contribution < 1.29 is 13.2 Å². The summed E-state index contributed by atoms with van der Waals surface area (Å²) < 4.78 is 38.6. The normalized spacial score (nSPS) is 26.0. The van der Waals surface area contributed by atoms with Gasteiger partial charge in [0.15, 0.2) is 0 Å². The highest BCUT2D eigenvalue weighted by Gasteiger charge is 2.45. The van der Waals surface area contributed by atoms with E-state index in [1.54, 1.807) is 11.3 Å². The zero-order valence-electron chi connectivity index (χ0n) is 14.0. The molecule has 0 radical (unpaired) electrons. The molecule has 2 aromatic heterocycles. The van der Waals surface area contributed by atoms with Crippen molar-refractivity contribution in [3.63, 3.8) is 0 Å². The van der Waals surface area contributed by atoms with E-state index in [0.29, 0.717) is 36.9 Å². The van der Waals surface area contributed by atoms with Crippen molar-refractivity contribution in [2.24, 2.45) is 0 Å². The number of nitrogens with zero attached hydrogens (tertiary/aromatic N) is 5. The lowest BCUT2D eigenvalue weighted by molar-refractivity contribution is -0.141. The highest BCUT2D eigenvalue weighted by molar-refractivity contribution is 7.09. The minimum Gasteiger partial charge on any atom is -0.353 e. The maximum Gasteiger partial charge on any atom is 0.433 e. The number of aromatic nitrogens is 3. The molecule has 4 aliphatic rings. The zero-order chi connectivity index (χ0) is 17.9. The smallest absolute Gasteiger partial charge is 0.353 e. The van der Waals surface area contributed by atoms with Crippen molar-refractivity contribution >= 4 is 17.2 Å². The molecule has 0 amide bonds. The highest BCUT2D eigenvalue weighted by Crippen LogP contribution is 2.42. The van der Waals surface area contributed by atoms with Gasteiger partial charge in [-0.3, -0.25) is 4.90 Å². The van der Waals surface area contributed by atoms with Gasteiger partial charge in [0.1, 0.15) is 17.8 Å². The summed E-state index contributed by atoms with van der Waals surface area (Å²) in [5, 5.41) is 3.41. The molecule has 26 heavy (non-hydrogen) atoms. The average molecular weight is 381 g/mol. The molecular weight excluding hydrogens is 363 g/mol. The van der Waals surface area contributed by atoms with Crippen molar-refractivity contribution in [3.8, 4) is 0 Å². The van der Waals surface area contributed by atoms with Crippen LogP contribution in [0.15, 0.2) is 17.8 Å². The topological polar surface area (TPSA) is 45.2 Å². The van der Waals surface area contributed by atoms with Crippen molar-refractivity contribution in [2.75, 3.05) is 18.0 Å². The lowest BCUT2D eigenvalue weighted by Gasteiger charge is -2.56. The lowest BCUT2D eigenvalue weighted by atomic mass is 9.87. The zero-order valence-corrected chi connectivity index (χ0v) is 14.8. The lowest BCUT2D eigenvalue weighted by Crippen LogP contribution is -2.68. The number of anilines is 1. The number of hydrogen-bond acceptors (Lipinski definition) is 6. The third kappa shape index (κ3) is 2.96. The van der Waals surface area contributed by atoms with Crippen molar-refractivity contribution in [3.05, 3.63) is 34.2 Å². The summed E-state index contributed by atoms with van der Waals surface area (Å²) in [5.74, 6) is 1.05. The molecule has 1 aliphatic carbocycles. The minimum atomic E-state index is -4.44. The second-order valence-electron chi connectivity index (χ2n) is 7.33. The Bertz CT molecular complexity index is 807. The quantitative estimate of drug-likeness (QED) is 0.813. The molecule has 5 heterocycles. The fraction of sp³-hybridized carbons (Fsp3) is 0.588. The molecule has 2 unspecified atom stereocenters. The molecule has 2 aromatic rings. The first kappa shape index (κ1) is 16.4. The second kappa shape index (κ2) is 5.88. The highest BCUT2D eigenvalue weighted by atomic mass is 32.1. The van der Waals surface area contributed by atoms with Gasteiger partial charge in [0.25, 0.3) is 0 Å². The molecule has 6 rings (SSSR count). The molecule has 3 saturated heterocycles. The first-order valence-corrected chi connectivity index (χ1v) is 9.69. The number of hydrogen-bond donors (Lipinski definition) is 0. The Morgan fingerprint density at radius 2 is 1.92 bits per heavy atom. The van der Waals surface area contributed by atoms with E-state index >= 15 is 0 Å². The third-order valence-electron chi connectivity index (χ3n) is 5.45. The summed E-state index contributed by atoms with van der Waals surface area (Å²) in [5.41, 5.74) is 0.245. The van der Waals surface area contributed by atoms with E-state index in [1.165, 1.54) is 17.8 Å². The van der Waals surface area contributed by atoms with Crippen LogP contribution in [0.4, 0.5) is 19.0 Å². The molecule has 9 heteroatoms. The second-order valence-corrected chi connectivity index (χ2v) is 8.22. The Labute approximate surface area is 152 Å². The Balaban J connectivity index is 1.25. The minimum absolute atomic E-state index is 0.351. The molecule has 0 N–H and O–H groups in total. The molecule has 1 saturated carbocycles. The van der Waals surface area contributed by atoms with Gasteiger partial charge in [0.2, 0.25) is 0 Å². The first-order chi connectivity index (χ1) is 12.5. The van der Waals surface area contributed by atoms with E-state index in [4.69, 9.17) is 4.98 Å². The Morgan fingerprint density at radius 1 is 1.15 bits per heavy atom. The molecule has 0 aromatic carbocycles. The van der Waals surface area contributed by atoms with E-state index in [1.807, 2.05) is 4.90 Å². The Morgan fingerprint density at radius 3 is 2.62 bits per heavy atom. The van der Waals surface area contributed by atoms with Gasteiger partial charge in [0.05, 0.1) is 10.7 Å². The molecule has 4 fully saturated rings. The third-order valence-corrected chi connectivity index (χ3v) is 6.51. The van der Waals surface area contributed by atoms with Crippen LogP contribution in [0, 0.1) is 0 Å². The van der Waals surface area contributed by atoms with Crippen LogP contribution in [0.2, 0.25) is 0 Å². The van der Waals surface area contributed by atoms with Crippen LogP contribution in [-0.4, -0.2) is 45.0 Å². The molecule has 5 nitrogen and oxygen atoms in total. The number of piperazine rings is 1. The monoisotopic (exact) mass is 381 g/mol. The van der Waals surface area contributed by atoms with Crippen molar-refractivity contribution in [1.82, 2.24) is 19.9 Å². The van der Waals surface area contributed by atoms with Gasteiger partial charge in [-0.2, -0.15) is 13.2 Å². The maximum absolute atomic E-state index is 12.9. The molecule has 2 atom stereocenters. The van der Waals surface area contributed by atoms with Gasteiger partial charge in [-0.05, 0) is 19.3 Å². The van der Waals surface area contributed by atoms with Crippen LogP contribution in [0.5, 0.6) is 0 Å². The van der Waals surface area contributed by atoms with Crippen LogP contribution in [0.25, 0.3) is 0 Å². The van der Waals surface area contributed by atoms with E-state index in [2.05, 4.69) is 20.2 Å². The van der Waals surface area contributed by atoms with Gasteiger partial charge in [0, 0.05) is 49.1 Å². The number of fused-ring (bicyclic) bond motifs is 2. The van der Waals surface area contributed by atoms with Gasteiger partial charge in [-0.15, -0.1) is 11.3 Å². The summed E-state index contributed by atoms with van der Waals surface area (Å²) in [6.07, 6.45) is 0.177. The molecule has 138 valence electrons. The van der Waals surface area contributed by atoms with Gasteiger partial charge in [-0.25, -0.2) is 15.0 Å². The summed E-state index contributed by atoms with van der Waals surface area (Å²) in [4.78, 5) is 16.5. The van der Waals surface area contributed by atoms with Gasteiger partial charge < -0.3 is 4.90 Å². The van der Waals surface area contributed by atoms with Crippen molar-refractivity contribution in [1.29, 1.82) is 0 Å². The largest absolute Gasteiger partial charge is 0.433 e.